The van der Waals surface area contributed by atoms with Crippen molar-refractivity contribution in [3.05, 3.63) is 30.3 Å². The van der Waals surface area contributed by atoms with Gasteiger partial charge in [0.15, 0.2) is 0 Å². The zero-order valence-corrected chi connectivity index (χ0v) is 10.0. The fourth-order valence-corrected chi connectivity index (χ4v) is 0.453. The number of nitrogens with two attached hydrogens (primary N) is 1. The van der Waals surface area contributed by atoms with Gasteiger partial charge in [0.25, 0.3) is 0 Å². The summed E-state index contributed by atoms with van der Waals surface area (Å²) in [7, 11) is -2.17. The van der Waals surface area contributed by atoms with E-state index < -0.39 is 7.32 Å². The minimum atomic E-state index is -2.17. The van der Waals surface area contributed by atoms with Gasteiger partial charge in [0.05, 0.1) is 0 Å². The van der Waals surface area contributed by atoms with Gasteiger partial charge in [-0.3, -0.25) is 0 Å². The van der Waals surface area contributed by atoms with Gasteiger partial charge >= 0.3 is 58.7 Å². The van der Waals surface area contributed by atoms with Crippen molar-refractivity contribution in [3.63, 3.8) is 0 Å². The zero-order valence-electron chi connectivity index (χ0n) is 7.88. The van der Waals surface area contributed by atoms with Crippen LogP contribution in [0, 0.1) is 0 Å². The standard InChI is InChI=1S/C6H7N.BH3O3.K.H/c7-6-4-2-1-3-5-6;2-1(3)4;;/h1-5H,7H2;2-4H;;/q;;+1;-1. The maximum Gasteiger partial charge on any atom is 1.00 e. The van der Waals surface area contributed by atoms with Gasteiger partial charge in [0.2, 0.25) is 0 Å². The summed E-state index contributed by atoms with van der Waals surface area (Å²) in [5, 5.41) is 21.5. The molecule has 5 N–H and O–H groups in total. The van der Waals surface area contributed by atoms with Crippen LogP contribution in [0.5, 0.6) is 0 Å². The first-order valence-electron chi connectivity index (χ1n) is 2.97. The monoisotopic (exact) mass is 195 g/mol. The molecule has 12 heavy (non-hydrogen) atoms. The average Bonchev–Trinajstić information content (AvgIpc) is 1.87. The fourth-order valence-electron chi connectivity index (χ4n) is 0.453. The van der Waals surface area contributed by atoms with Crippen molar-refractivity contribution in [2.75, 3.05) is 5.73 Å². The Hall–Kier alpha value is 0.601. The van der Waals surface area contributed by atoms with E-state index in [9.17, 15) is 0 Å². The number of rotatable bonds is 0. The van der Waals surface area contributed by atoms with Gasteiger partial charge in [-0.15, -0.1) is 0 Å². The quantitative estimate of drug-likeness (QED) is 0.254. The smallest absolute Gasteiger partial charge is 1.00 e. The minimum absolute atomic E-state index is 0. The van der Waals surface area contributed by atoms with E-state index in [2.05, 4.69) is 0 Å². The predicted molar refractivity (Wildman–Crippen MR) is 44.4 cm³/mol. The van der Waals surface area contributed by atoms with Gasteiger partial charge < -0.3 is 22.2 Å². The fraction of sp³-hybridized carbons (Fsp3) is 0. The summed E-state index contributed by atoms with van der Waals surface area (Å²) in [6.07, 6.45) is 0. The summed E-state index contributed by atoms with van der Waals surface area (Å²) in [5.74, 6) is 0. The van der Waals surface area contributed by atoms with Crippen LogP contribution in [0.25, 0.3) is 0 Å². The van der Waals surface area contributed by atoms with E-state index in [0.29, 0.717) is 0 Å². The van der Waals surface area contributed by atoms with Crippen molar-refractivity contribution in [1.29, 1.82) is 0 Å². The molecule has 0 fully saturated rings. The minimum Gasteiger partial charge on any atom is -1.00 e. The van der Waals surface area contributed by atoms with Crippen LogP contribution < -0.4 is 57.1 Å². The summed E-state index contributed by atoms with van der Waals surface area (Å²) in [4.78, 5) is 0. The first-order chi connectivity index (χ1) is 5.13. The third-order valence-electron chi connectivity index (χ3n) is 0.800. The van der Waals surface area contributed by atoms with Crippen molar-refractivity contribution in [1.82, 2.24) is 0 Å². The van der Waals surface area contributed by atoms with Gasteiger partial charge in [-0.1, -0.05) is 18.2 Å². The zero-order chi connectivity index (χ0) is 8.69. The molecular weight excluding hydrogens is 184 g/mol. The third-order valence-corrected chi connectivity index (χ3v) is 0.800. The van der Waals surface area contributed by atoms with Crippen LogP contribution in [0.2, 0.25) is 0 Å². The number of hydrogen-bond acceptors (Lipinski definition) is 4. The van der Waals surface area contributed by atoms with Gasteiger partial charge in [-0.25, -0.2) is 0 Å². The van der Waals surface area contributed by atoms with Crippen LogP contribution >= 0.6 is 0 Å². The van der Waals surface area contributed by atoms with E-state index in [1.54, 1.807) is 0 Å². The number of anilines is 1. The number of hydrogen-bond donors (Lipinski definition) is 4. The van der Waals surface area contributed by atoms with Crippen molar-refractivity contribution in [3.8, 4) is 0 Å². The molecule has 0 atom stereocenters. The average molecular weight is 195 g/mol. The predicted octanol–water partition coefficient (Wildman–Crippen LogP) is -3.67. The topological polar surface area (TPSA) is 86.7 Å². The molecule has 0 spiro atoms. The van der Waals surface area contributed by atoms with Crippen LogP contribution in [0.3, 0.4) is 0 Å². The second-order valence-electron chi connectivity index (χ2n) is 1.76. The molecular formula is C6H11BKNO3. The van der Waals surface area contributed by atoms with Crippen LogP contribution in [0.15, 0.2) is 30.3 Å². The molecule has 0 radical (unpaired) electrons. The molecule has 0 heterocycles. The molecule has 62 valence electrons. The maximum absolute atomic E-state index is 7.17. The molecule has 1 aromatic carbocycles. The molecule has 0 aliphatic carbocycles. The van der Waals surface area contributed by atoms with Gasteiger partial charge in [0.1, 0.15) is 0 Å². The summed E-state index contributed by atoms with van der Waals surface area (Å²) in [6.45, 7) is 0. The summed E-state index contributed by atoms with van der Waals surface area (Å²) < 4.78 is 0. The van der Waals surface area contributed by atoms with Gasteiger partial charge in [-0.05, 0) is 12.1 Å². The third kappa shape index (κ3) is 13.2. The Morgan fingerprint density at radius 1 is 1.08 bits per heavy atom. The summed E-state index contributed by atoms with van der Waals surface area (Å²) in [5.41, 5.74) is 6.18. The molecule has 0 amide bonds. The van der Waals surface area contributed by atoms with Gasteiger partial charge in [0, 0.05) is 5.69 Å². The van der Waals surface area contributed by atoms with Crippen LogP contribution in [0.4, 0.5) is 5.69 Å². The number of para-hydroxylation sites is 1. The second kappa shape index (κ2) is 9.69. The van der Waals surface area contributed by atoms with E-state index in [-0.39, 0.29) is 52.8 Å². The Labute approximate surface area is 115 Å². The van der Waals surface area contributed by atoms with Crippen LogP contribution in [-0.4, -0.2) is 22.4 Å². The Morgan fingerprint density at radius 2 is 1.42 bits per heavy atom. The van der Waals surface area contributed by atoms with Crippen molar-refractivity contribution < 1.29 is 67.9 Å². The summed E-state index contributed by atoms with van der Waals surface area (Å²) in [6, 6.07) is 9.49. The molecule has 0 aliphatic heterocycles. The van der Waals surface area contributed by atoms with Crippen LogP contribution in [0.1, 0.15) is 1.43 Å². The van der Waals surface area contributed by atoms with E-state index >= 15 is 0 Å². The molecule has 0 unspecified atom stereocenters. The number of benzene rings is 1. The molecule has 0 saturated carbocycles. The van der Waals surface area contributed by atoms with E-state index in [0.717, 1.165) is 5.69 Å². The van der Waals surface area contributed by atoms with E-state index in [1.165, 1.54) is 0 Å². The van der Waals surface area contributed by atoms with Crippen molar-refractivity contribution >= 4 is 13.0 Å². The van der Waals surface area contributed by atoms with Gasteiger partial charge in [-0.2, -0.15) is 0 Å². The SMILES string of the molecule is Nc1ccccc1.OB(O)O.[H-].[K+]. The largest absolute Gasteiger partial charge is 1.00 e. The second-order valence-corrected chi connectivity index (χ2v) is 1.76. The first-order valence-corrected chi connectivity index (χ1v) is 2.97. The molecule has 1 rings (SSSR count). The van der Waals surface area contributed by atoms with E-state index in [4.69, 9.17) is 20.8 Å². The molecule has 0 aromatic heterocycles. The Kier molecular flexibility index (Phi) is 12.2. The Balaban J connectivity index is -0.000000150. The van der Waals surface area contributed by atoms with Crippen molar-refractivity contribution in [2.24, 2.45) is 0 Å². The molecule has 0 saturated heterocycles. The normalized spacial score (nSPS) is 7.25. The molecule has 1 aromatic rings. The Morgan fingerprint density at radius 3 is 1.58 bits per heavy atom. The summed E-state index contributed by atoms with van der Waals surface area (Å²) >= 11 is 0. The molecule has 4 nitrogen and oxygen atoms in total. The molecule has 0 aliphatic rings. The molecule has 6 heteroatoms. The number of nitrogen functional groups attached to an aromatic ring is 1. The van der Waals surface area contributed by atoms with Crippen molar-refractivity contribution in [2.45, 2.75) is 0 Å². The van der Waals surface area contributed by atoms with E-state index in [1.807, 2.05) is 30.3 Å². The first kappa shape index (κ1) is 15.1. The Bertz CT molecular complexity index is 188. The van der Waals surface area contributed by atoms with Crippen LogP contribution in [-0.2, 0) is 0 Å². The maximum atomic E-state index is 7.17. The molecule has 0 bridgehead atoms.